The van der Waals surface area contributed by atoms with Gasteiger partial charge in [0.1, 0.15) is 0 Å². The molecular formula is C20H14Br2N4. The Labute approximate surface area is 166 Å². The molecule has 0 aliphatic carbocycles. The van der Waals surface area contributed by atoms with Crippen LogP contribution in [0.5, 0.6) is 0 Å². The van der Waals surface area contributed by atoms with Gasteiger partial charge in [-0.15, -0.1) is 0 Å². The average molecular weight is 470 g/mol. The summed E-state index contributed by atoms with van der Waals surface area (Å²) in [5, 5.41) is 0. The number of aromatic nitrogens is 4. The minimum absolute atomic E-state index is 0.913. The number of nitrogens with one attached hydrogen (secondary N) is 2. The zero-order chi connectivity index (χ0) is 17.7. The fourth-order valence-corrected chi connectivity index (χ4v) is 4.11. The molecule has 26 heavy (non-hydrogen) atoms. The van der Waals surface area contributed by atoms with Crippen LogP contribution >= 0.6 is 31.9 Å². The van der Waals surface area contributed by atoms with Crippen molar-refractivity contribution in [3.8, 4) is 0 Å². The quantitative estimate of drug-likeness (QED) is 0.342. The Hall–Kier alpha value is -2.18. The molecule has 2 N–H and O–H groups in total. The largest absolute Gasteiger partial charge is 0.355 e. The maximum absolute atomic E-state index is 4.78. The van der Waals surface area contributed by atoms with E-state index >= 15 is 0 Å². The number of rotatable bonds is 0. The van der Waals surface area contributed by atoms with Gasteiger partial charge in [0, 0.05) is 22.4 Å². The van der Waals surface area contributed by atoms with Crippen molar-refractivity contribution in [3.05, 3.63) is 68.1 Å². The second kappa shape index (κ2) is 6.21. The standard InChI is InChI=1S/C20H14Br2N4/c21-19-17-9-15-5-3-13(24-15)7-11-1-2-12(23-11)8-14-4-6-16(25-14)10-18(26-17)20(19)22/h1-3,5,7-10,23,26H,4,6H2. The van der Waals surface area contributed by atoms with Crippen molar-refractivity contribution in [1.82, 2.24) is 19.9 Å². The minimum Gasteiger partial charge on any atom is -0.355 e. The third-order valence-corrected chi connectivity index (χ3v) is 6.68. The molecular weight excluding hydrogens is 456 g/mol. The first-order valence-corrected chi connectivity index (χ1v) is 9.95. The maximum atomic E-state index is 4.78. The van der Waals surface area contributed by atoms with Crippen LogP contribution in [0, 0.1) is 0 Å². The summed E-state index contributed by atoms with van der Waals surface area (Å²) in [4.78, 5) is 16.3. The van der Waals surface area contributed by atoms with Crippen LogP contribution in [0.3, 0.4) is 0 Å². The van der Waals surface area contributed by atoms with E-state index < -0.39 is 0 Å². The summed E-state index contributed by atoms with van der Waals surface area (Å²) in [6.07, 6.45) is 5.94. The minimum atomic E-state index is 0.913. The third-order valence-electron chi connectivity index (χ3n) is 4.50. The molecule has 5 rings (SSSR count). The highest BCUT2D eigenvalue weighted by Gasteiger charge is 2.10. The first-order valence-electron chi connectivity index (χ1n) is 8.36. The summed E-state index contributed by atoms with van der Waals surface area (Å²) < 4.78 is 1.99. The fourth-order valence-electron chi connectivity index (χ4n) is 3.26. The molecule has 0 aromatic carbocycles. The van der Waals surface area contributed by atoms with Crippen molar-refractivity contribution in [2.24, 2.45) is 0 Å². The molecule has 6 heteroatoms. The second-order valence-electron chi connectivity index (χ2n) is 6.42. The number of halogens is 2. The van der Waals surface area contributed by atoms with Gasteiger partial charge in [0.2, 0.25) is 0 Å². The molecule has 5 heterocycles. The summed E-state index contributed by atoms with van der Waals surface area (Å²) in [6.45, 7) is 0. The van der Waals surface area contributed by atoms with E-state index in [-0.39, 0.29) is 0 Å². The van der Waals surface area contributed by atoms with Crippen molar-refractivity contribution >= 4 is 66.1 Å². The first kappa shape index (κ1) is 16.0. The maximum Gasteiger partial charge on any atom is 0.0658 e. The lowest BCUT2D eigenvalue weighted by Crippen LogP contribution is -1.77. The number of hydrogen-bond acceptors (Lipinski definition) is 2. The summed E-state index contributed by atoms with van der Waals surface area (Å²) >= 11 is 7.34. The van der Waals surface area contributed by atoms with Gasteiger partial charge in [-0.1, -0.05) is 0 Å². The highest BCUT2D eigenvalue weighted by atomic mass is 79.9. The van der Waals surface area contributed by atoms with E-state index in [1.165, 1.54) is 0 Å². The zero-order valence-electron chi connectivity index (χ0n) is 13.7. The van der Waals surface area contributed by atoms with Crippen LogP contribution in [-0.4, -0.2) is 19.9 Å². The summed E-state index contributed by atoms with van der Waals surface area (Å²) in [7, 11) is 0. The first-order chi connectivity index (χ1) is 12.6. The van der Waals surface area contributed by atoms with Gasteiger partial charge >= 0.3 is 0 Å². The van der Waals surface area contributed by atoms with E-state index in [1.807, 2.05) is 24.3 Å². The van der Waals surface area contributed by atoms with Crippen LogP contribution in [0.4, 0.5) is 0 Å². The van der Waals surface area contributed by atoms with Gasteiger partial charge < -0.3 is 9.97 Å². The number of hydrogen-bond donors (Lipinski definition) is 2. The number of H-pyrrole nitrogens is 2. The molecule has 0 spiro atoms. The molecule has 3 aromatic rings. The molecule has 3 aromatic heterocycles. The van der Waals surface area contributed by atoms with Crippen molar-refractivity contribution < 1.29 is 0 Å². The van der Waals surface area contributed by atoms with Crippen LogP contribution in [0.1, 0.15) is 22.8 Å². The van der Waals surface area contributed by atoms with E-state index in [1.54, 1.807) is 0 Å². The molecule has 2 aliphatic heterocycles. The van der Waals surface area contributed by atoms with Gasteiger partial charge in [0.15, 0.2) is 0 Å². The number of nitrogens with zero attached hydrogens (tertiary/aromatic N) is 2. The predicted octanol–water partition coefficient (Wildman–Crippen LogP) is 5.80. The summed E-state index contributed by atoms with van der Waals surface area (Å²) in [6, 6.07) is 12.5. The van der Waals surface area contributed by atoms with Crippen LogP contribution in [0.25, 0.3) is 34.2 Å². The van der Waals surface area contributed by atoms with Crippen LogP contribution < -0.4 is 0 Å². The Balaban J connectivity index is 1.88. The van der Waals surface area contributed by atoms with Gasteiger partial charge in [-0.05, 0) is 93.3 Å². The van der Waals surface area contributed by atoms with Gasteiger partial charge in [0.05, 0.1) is 31.4 Å². The number of fused-ring (bicyclic) bond motifs is 8. The Morgan fingerprint density at radius 1 is 0.692 bits per heavy atom. The molecule has 0 amide bonds. The Bertz CT molecular complexity index is 1220. The van der Waals surface area contributed by atoms with Crippen molar-refractivity contribution in [2.45, 2.75) is 12.8 Å². The van der Waals surface area contributed by atoms with Crippen molar-refractivity contribution in [1.29, 1.82) is 0 Å². The van der Waals surface area contributed by atoms with Crippen LogP contribution in [0.15, 0.2) is 45.3 Å². The van der Waals surface area contributed by atoms with Crippen molar-refractivity contribution in [3.63, 3.8) is 0 Å². The van der Waals surface area contributed by atoms with E-state index in [2.05, 4.69) is 71.1 Å². The fraction of sp³-hybridized carbons (Fsp3) is 0.100. The Morgan fingerprint density at radius 2 is 1.31 bits per heavy atom. The highest BCUT2D eigenvalue weighted by Crippen LogP contribution is 2.32. The molecule has 0 saturated carbocycles. The topological polar surface area (TPSA) is 57.4 Å². The van der Waals surface area contributed by atoms with Gasteiger partial charge in [-0.2, -0.15) is 0 Å². The zero-order valence-corrected chi connectivity index (χ0v) is 16.9. The van der Waals surface area contributed by atoms with Crippen LogP contribution in [-0.2, 0) is 12.8 Å². The lowest BCUT2D eigenvalue weighted by molar-refractivity contribution is 1.03. The van der Waals surface area contributed by atoms with Gasteiger partial charge in [0.25, 0.3) is 0 Å². The summed E-state index contributed by atoms with van der Waals surface area (Å²) in [5.74, 6) is 0. The smallest absolute Gasteiger partial charge is 0.0658 e. The summed E-state index contributed by atoms with van der Waals surface area (Å²) in [5.41, 5.74) is 8.11. The Morgan fingerprint density at radius 3 is 2.08 bits per heavy atom. The van der Waals surface area contributed by atoms with Gasteiger partial charge in [-0.25, -0.2) is 4.98 Å². The molecule has 8 bridgehead atoms. The average Bonchev–Trinajstić information content (AvgIpc) is 3.38. The van der Waals surface area contributed by atoms with Gasteiger partial charge in [-0.3, -0.25) is 4.98 Å². The predicted molar refractivity (Wildman–Crippen MR) is 113 cm³/mol. The molecule has 0 atom stereocenters. The van der Waals surface area contributed by atoms with E-state index in [9.17, 15) is 0 Å². The normalized spacial score (nSPS) is 13.3. The SMILES string of the molecule is Brc1c(Br)c2cc3nc(cc4ccc(cc5nc(cc1[nH]2)C=C5)[nH]4)CC3. The molecule has 0 radical (unpaired) electrons. The van der Waals surface area contributed by atoms with E-state index in [0.29, 0.717) is 0 Å². The molecule has 128 valence electrons. The Kier molecular flexibility index (Phi) is 3.83. The molecule has 0 unspecified atom stereocenters. The molecule has 2 aliphatic rings. The molecule has 0 saturated heterocycles. The third kappa shape index (κ3) is 2.93. The van der Waals surface area contributed by atoms with Crippen molar-refractivity contribution in [2.75, 3.05) is 0 Å². The second-order valence-corrected chi connectivity index (χ2v) is 8.00. The van der Waals surface area contributed by atoms with E-state index in [0.717, 1.165) is 66.6 Å². The van der Waals surface area contributed by atoms with E-state index in [4.69, 9.17) is 4.98 Å². The molecule has 0 fully saturated rings. The molecule has 4 nitrogen and oxygen atoms in total. The lowest BCUT2D eigenvalue weighted by Gasteiger charge is -1.86. The van der Waals surface area contributed by atoms with Crippen LogP contribution in [0.2, 0.25) is 0 Å². The highest BCUT2D eigenvalue weighted by molar-refractivity contribution is 9.13. The number of aromatic amines is 2. The monoisotopic (exact) mass is 468 g/mol. The number of aryl methyl sites for hydroxylation is 2. The lowest BCUT2D eigenvalue weighted by atomic mass is 10.2.